The molecule has 1 rings (SSSR count). The maximum Gasteiger partial charge on any atom is 0.137 e. The minimum absolute atomic E-state index is 0.350. The van der Waals surface area contributed by atoms with E-state index < -0.39 is 0 Å². The van der Waals surface area contributed by atoms with E-state index in [1.807, 2.05) is 16.8 Å². The van der Waals surface area contributed by atoms with Crippen molar-refractivity contribution in [3.8, 4) is 0 Å². The second-order valence-corrected chi connectivity index (χ2v) is 4.23. The molecule has 0 atom stereocenters. The topological polar surface area (TPSA) is 17.1 Å². The van der Waals surface area contributed by atoms with Crippen LogP contribution in [-0.4, -0.2) is 5.78 Å². The first kappa shape index (κ1) is 9.46. The van der Waals surface area contributed by atoms with Crippen LogP contribution in [0.15, 0.2) is 16.8 Å². The van der Waals surface area contributed by atoms with Gasteiger partial charge in [-0.1, -0.05) is 13.8 Å². The maximum atomic E-state index is 11.3. The molecular weight excluding hydrogens is 168 g/mol. The average molecular weight is 182 g/mol. The summed E-state index contributed by atoms with van der Waals surface area (Å²) >= 11 is 1.65. The zero-order valence-corrected chi connectivity index (χ0v) is 8.36. The predicted molar refractivity (Wildman–Crippen MR) is 52.5 cm³/mol. The van der Waals surface area contributed by atoms with Gasteiger partial charge in [-0.15, -0.1) is 0 Å². The van der Waals surface area contributed by atoms with Crippen LogP contribution in [0.1, 0.15) is 25.8 Å². The van der Waals surface area contributed by atoms with E-state index in [9.17, 15) is 4.79 Å². The highest BCUT2D eigenvalue weighted by molar-refractivity contribution is 7.07. The van der Waals surface area contributed by atoms with Gasteiger partial charge < -0.3 is 0 Å². The van der Waals surface area contributed by atoms with Crippen LogP contribution in [-0.2, 0) is 11.2 Å². The SMILES string of the molecule is CC(C)CC(=O)Cc1ccsc1. The minimum atomic E-state index is 0.350. The zero-order valence-electron chi connectivity index (χ0n) is 7.54. The van der Waals surface area contributed by atoms with Crippen LogP contribution >= 0.6 is 11.3 Å². The van der Waals surface area contributed by atoms with E-state index in [4.69, 9.17) is 0 Å². The molecule has 0 saturated heterocycles. The zero-order chi connectivity index (χ0) is 8.97. The highest BCUT2D eigenvalue weighted by Gasteiger charge is 2.05. The van der Waals surface area contributed by atoms with Crippen molar-refractivity contribution in [1.82, 2.24) is 0 Å². The first-order chi connectivity index (χ1) is 5.68. The first-order valence-corrected chi connectivity index (χ1v) is 5.15. The van der Waals surface area contributed by atoms with Crippen molar-refractivity contribution in [1.29, 1.82) is 0 Å². The smallest absolute Gasteiger partial charge is 0.137 e. The van der Waals surface area contributed by atoms with Crippen LogP contribution in [0.5, 0.6) is 0 Å². The number of rotatable bonds is 4. The number of hydrogen-bond donors (Lipinski definition) is 0. The molecule has 1 aromatic heterocycles. The Morgan fingerprint density at radius 2 is 2.33 bits per heavy atom. The third-order valence-electron chi connectivity index (χ3n) is 1.62. The van der Waals surface area contributed by atoms with E-state index in [2.05, 4.69) is 13.8 Å². The summed E-state index contributed by atoms with van der Waals surface area (Å²) in [6.07, 6.45) is 1.32. The van der Waals surface area contributed by atoms with Gasteiger partial charge in [0, 0.05) is 12.8 Å². The monoisotopic (exact) mass is 182 g/mol. The Bertz CT molecular complexity index is 236. The fraction of sp³-hybridized carbons (Fsp3) is 0.500. The number of carbonyl (C=O) groups is 1. The molecule has 12 heavy (non-hydrogen) atoms. The van der Waals surface area contributed by atoms with Crippen molar-refractivity contribution in [2.75, 3.05) is 0 Å². The van der Waals surface area contributed by atoms with E-state index in [1.54, 1.807) is 11.3 Å². The average Bonchev–Trinajstić information content (AvgIpc) is 2.37. The summed E-state index contributed by atoms with van der Waals surface area (Å²) in [6, 6.07) is 2.02. The lowest BCUT2D eigenvalue weighted by Crippen LogP contribution is -2.05. The molecule has 0 spiro atoms. The first-order valence-electron chi connectivity index (χ1n) is 4.21. The molecule has 0 bridgehead atoms. The fourth-order valence-electron chi connectivity index (χ4n) is 1.15. The molecule has 0 aliphatic heterocycles. The molecule has 0 aliphatic rings. The Kier molecular flexibility index (Phi) is 3.48. The molecular formula is C10H14OS. The summed E-state index contributed by atoms with van der Waals surface area (Å²) in [5.74, 6) is 0.833. The largest absolute Gasteiger partial charge is 0.299 e. The van der Waals surface area contributed by atoms with E-state index in [0.29, 0.717) is 24.5 Å². The molecule has 0 unspecified atom stereocenters. The summed E-state index contributed by atoms with van der Waals surface area (Å²) < 4.78 is 0. The number of Topliss-reactive ketones (excluding diaryl/α,β-unsaturated/α-hetero) is 1. The van der Waals surface area contributed by atoms with Gasteiger partial charge in [-0.25, -0.2) is 0 Å². The lowest BCUT2D eigenvalue weighted by Gasteiger charge is -2.01. The quantitative estimate of drug-likeness (QED) is 0.699. The third kappa shape index (κ3) is 3.18. The lowest BCUT2D eigenvalue weighted by atomic mass is 10.0. The summed E-state index contributed by atoms with van der Waals surface area (Å²) in [5, 5.41) is 4.05. The molecule has 0 N–H and O–H groups in total. The van der Waals surface area contributed by atoms with Crippen LogP contribution < -0.4 is 0 Å². The van der Waals surface area contributed by atoms with Gasteiger partial charge in [-0.2, -0.15) is 11.3 Å². The van der Waals surface area contributed by atoms with Gasteiger partial charge in [0.2, 0.25) is 0 Å². The van der Waals surface area contributed by atoms with Crippen LogP contribution in [0, 0.1) is 5.92 Å². The Morgan fingerprint density at radius 3 is 2.83 bits per heavy atom. The fourth-order valence-corrected chi connectivity index (χ4v) is 1.82. The van der Waals surface area contributed by atoms with Crippen molar-refractivity contribution in [2.24, 2.45) is 5.92 Å². The molecule has 0 radical (unpaired) electrons. The number of carbonyl (C=O) groups excluding carboxylic acids is 1. The molecule has 66 valence electrons. The van der Waals surface area contributed by atoms with Gasteiger partial charge in [0.15, 0.2) is 0 Å². The second-order valence-electron chi connectivity index (χ2n) is 3.45. The Balaban J connectivity index is 2.37. The molecule has 0 aliphatic carbocycles. The summed E-state index contributed by atoms with van der Waals surface area (Å²) in [7, 11) is 0. The van der Waals surface area contributed by atoms with E-state index in [1.165, 1.54) is 0 Å². The number of thiophene rings is 1. The van der Waals surface area contributed by atoms with Crippen molar-refractivity contribution in [3.05, 3.63) is 22.4 Å². The van der Waals surface area contributed by atoms with Crippen LogP contribution in [0.3, 0.4) is 0 Å². The molecule has 0 aromatic carbocycles. The van der Waals surface area contributed by atoms with Gasteiger partial charge in [0.1, 0.15) is 5.78 Å². The van der Waals surface area contributed by atoms with Crippen LogP contribution in [0.4, 0.5) is 0 Å². The van der Waals surface area contributed by atoms with Gasteiger partial charge in [-0.05, 0) is 28.3 Å². The summed E-state index contributed by atoms with van der Waals surface area (Å²) in [4.78, 5) is 11.3. The molecule has 1 nitrogen and oxygen atoms in total. The molecule has 1 aromatic rings. The standard InChI is InChI=1S/C10H14OS/c1-8(2)5-10(11)6-9-3-4-12-7-9/h3-4,7-8H,5-6H2,1-2H3. The number of ketones is 1. The van der Waals surface area contributed by atoms with Gasteiger partial charge >= 0.3 is 0 Å². The van der Waals surface area contributed by atoms with Crippen LogP contribution in [0.25, 0.3) is 0 Å². The third-order valence-corrected chi connectivity index (χ3v) is 2.35. The highest BCUT2D eigenvalue weighted by atomic mass is 32.1. The van der Waals surface area contributed by atoms with Crippen molar-refractivity contribution in [3.63, 3.8) is 0 Å². The van der Waals surface area contributed by atoms with Crippen molar-refractivity contribution >= 4 is 17.1 Å². The van der Waals surface area contributed by atoms with Crippen molar-refractivity contribution in [2.45, 2.75) is 26.7 Å². The van der Waals surface area contributed by atoms with E-state index in [0.717, 1.165) is 5.56 Å². The minimum Gasteiger partial charge on any atom is -0.299 e. The van der Waals surface area contributed by atoms with E-state index in [-0.39, 0.29) is 0 Å². The Labute approximate surface area is 77.4 Å². The predicted octanol–water partition coefficient (Wildman–Crippen LogP) is 2.91. The number of hydrogen-bond acceptors (Lipinski definition) is 2. The molecule has 0 fully saturated rings. The van der Waals surface area contributed by atoms with Gasteiger partial charge in [0.05, 0.1) is 0 Å². The second kappa shape index (κ2) is 4.41. The molecule has 1 heterocycles. The highest BCUT2D eigenvalue weighted by Crippen LogP contribution is 2.10. The van der Waals surface area contributed by atoms with E-state index >= 15 is 0 Å². The lowest BCUT2D eigenvalue weighted by molar-refractivity contribution is -0.119. The molecule has 0 saturated carbocycles. The van der Waals surface area contributed by atoms with Crippen LogP contribution in [0.2, 0.25) is 0 Å². The van der Waals surface area contributed by atoms with Crippen molar-refractivity contribution < 1.29 is 4.79 Å². The Hall–Kier alpha value is -0.630. The molecule has 0 amide bonds. The summed E-state index contributed by atoms with van der Waals surface area (Å²) in [5.41, 5.74) is 1.16. The Morgan fingerprint density at radius 1 is 1.58 bits per heavy atom. The molecule has 2 heteroatoms. The normalized spacial score (nSPS) is 10.6. The van der Waals surface area contributed by atoms with Gasteiger partial charge in [-0.3, -0.25) is 4.79 Å². The van der Waals surface area contributed by atoms with Gasteiger partial charge in [0.25, 0.3) is 0 Å². The summed E-state index contributed by atoms with van der Waals surface area (Å²) in [6.45, 7) is 4.15. The maximum absolute atomic E-state index is 11.3.